The van der Waals surface area contributed by atoms with Crippen LogP contribution < -0.4 is 26.6 Å². The number of piperidine rings is 1. The van der Waals surface area contributed by atoms with Crippen LogP contribution in [0.5, 0.6) is 0 Å². The number of anilines is 3. The number of nitrogen functional groups attached to an aromatic ring is 1. The summed E-state index contributed by atoms with van der Waals surface area (Å²) in [5.74, 6) is 0.346. The molecule has 18 nitrogen and oxygen atoms in total. The number of allylic oxidation sites excluding steroid dienone is 1. The van der Waals surface area contributed by atoms with E-state index >= 15 is 0 Å². The van der Waals surface area contributed by atoms with Crippen molar-refractivity contribution in [2.45, 2.75) is 108 Å². The standard InChI is InChI=1S/C52H59N11O7/c1-52(2,3)40-25-41(59-70-40)56-43(65)22-30-11-13-32(14-12-30)45-46-47(53)54-26-36-10-5-4-6-20-60(29-44(66)55-34-9-7-8-33(23-34)48(58-45)62(36)46)27-31-19-21-61(28-31)35-15-16-37-38(24-35)51(69)63(50(37)68)39-17-18-42(64)57-49(39)67/h5,10-16,24-26,31,33-34,39H,4,6-9,17-23,27-29H2,1-3H3,(H2,53,54)(H,55,66)(H,56,59,65)(H,57,64,67)/b10-5+/t31-,33+,34+,39?/m0/s1. The number of carbonyl (C=O) groups excluding carboxylic acids is 6. The number of carbonyl (C=O) groups is 6. The van der Waals surface area contributed by atoms with E-state index in [0.29, 0.717) is 23.1 Å². The smallest absolute Gasteiger partial charge is 0.262 e. The minimum absolute atomic E-state index is 0.000503. The summed E-state index contributed by atoms with van der Waals surface area (Å²) in [5.41, 5.74) is 11.8. The fraction of sp³-hybridized carbons (Fsp3) is 0.442. The molecule has 0 spiro atoms. The molecule has 1 unspecified atom stereocenters. The molecule has 364 valence electrons. The molecule has 70 heavy (non-hydrogen) atoms. The molecule has 4 atom stereocenters. The van der Waals surface area contributed by atoms with Gasteiger partial charge in [0.15, 0.2) is 5.82 Å². The number of imidazole rings is 1. The minimum Gasteiger partial charge on any atom is -0.382 e. The van der Waals surface area contributed by atoms with Crippen LogP contribution in [-0.2, 0) is 31.0 Å². The van der Waals surface area contributed by atoms with Gasteiger partial charge in [-0.2, -0.15) is 0 Å². The van der Waals surface area contributed by atoms with Crippen molar-refractivity contribution >= 4 is 64.4 Å². The summed E-state index contributed by atoms with van der Waals surface area (Å²) in [4.78, 5) is 93.6. The van der Waals surface area contributed by atoms with Crippen LogP contribution in [0.3, 0.4) is 0 Å². The SMILES string of the molecule is CC(C)(C)c1cc(NC(=O)Cc2ccc(-c3nc4n5c(cnc(N)c35)/C=C/CCCN(C[C@@H]3CCN(c5ccc6c(c5)C(=O)N(C5CCC(=O)NC5=O)C6=O)C3)CC(=O)N[C@@H]3CCC[C@@H]4C3)cc2)no1. The molecular weight excluding hydrogens is 891 g/mol. The van der Waals surface area contributed by atoms with E-state index in [9.17, 15) is 28.8 Å². The average molecular weight is 950 g/mol. The maximum Gasteiger partial charge on any atom is 0.262 e. The number of hydrogen-bond acceptors (Lipinski definition) is 13. The van der Waals surface area contributed by atoms with Crippen LogP contribution >= 0.6 is 0 Å². The highest BCUT2D eigenvalue weighted by atomic mass is 16.5. The third kappa shape index (κ3) is 9.43. The van der Waals surface area contributed by atoms with Crippen molar-refractivity contribution in [1.82, 2.24) is 40.0 Å². The van der Waals surface area contributed by atoms with E-state index in [1.165, 1.54) is 0 Å². The van der Waals surface area contributed by atoms with Gasteiger partial charge in [-0.25, -0.2) is 9.97 Å². The lowest BCUT2D eigenvalue weighted by Crippen LogP contribution is -2.54. The zero-order valence-corrected chi connectivity index (χ0v) is 39.8. The quantitative estimate of drug-likeness (QED) is 0.139. The molecule has 3 fully saturated rings. The van der Waals surface area contributed by atoms with Crippen LogP contribution in [0.25, 0.3) is 22.9 Å². The maximum atomic E-state index is 13.9. The summed E-state index contributed by atoms with van der Waals surface area (Å²) < 4.78 is 7.58. The largest absolute Gasteiger partial charge is 0.382 e. The number of imide groups is 2. The number of amides is 6. The summed E-state index contributed by atoms with van der Waals surface area (Å²) in [5, 5.41) is 12.5. The molecular formula is C52H59N11O7. The Labute approximate surface area is 405 Å². The van der Waals surface area contributed by atoms with Gasteiger partial charge in [-0.3, -0.25) is 48.3 Å². The van der Waals surface area contributed by atoms with Crippen molar-refractivity contribution < 1.29 is 33.3 Å². The number of benzene rings is 2. The minimum atomic E-state index is -1.01. The molecule has 10 rings (SSSR count). The predicted octanol–water partition coefficient (Wildman–Crippen LogP) is 5.62. The van der Waals surface area contributed by atoms with E-state index in [0.717, 1.165) is 110 Å². The predicted molar refractivity (Wildman–Crippen MR) is 262 cm³/mol. The Kier molecular flexibility index (Phi) is 12.6. The van der Waals surface area contributed by atoms with Gasteiger partial charge in [-0.05, 0) is 87.2 Å². The molecule has 1 saturated carbocycles. The van der Waals surface area contributed by atoms with Crippen LogP contribution in [0.2, 0.25) is 0 Å². The van der Waals surface area contributed by atoms with Crippen LogP contribution in [0.4, 0.5) is 17.3 Å². The molecule has 2 aromatic carbocycles. The van der Waals surface area contributed by atoms with Crippen LogP contribution in [0.15, 0.2) is 65.3 Å². The Morgan fingerprint density at radius 1 is 0.929 bits per heavy atom. The molecule has 4 aliphatic heterocycles. The lowest BCUT2D eigenvalue weighted by Gasteiger charge is -2.31. The van der Waals surface area contributed by atoms with Crippen LogP contribution in [0.1, 0.15) is 128 Å². The molecule has 2 bridgehead atoms. The van der Waals surface area contributed by atoms with Gasteiger partial charge in [0.25, 0.3) is 11.8 Å². The average Bonchev–Trinajstić information content (AvgIpc) is 4.13. The van der Waals surface area contributed by atoms with Crippen molar-refractivity contribution in [2.24, 2.45) is 5.92 Å². The van der Waals surface area contributed by atoms with Gasteiger partial charge in [-0.1, -0.05) is 62.7 Å². The number of nitrogens with one attached hydrogen (secondary N) is 3. The van der Waals surface area contributed by atoms with Gasteiger partial charge in [0.05, 0.1) is 36.0 Å². The molecule has 7 heterocycles. The summed E-state index contributed by atoms with van der Waals surface area (Å²) in [7, 11) is 0. The molecule has 1 aliphatic carbocycles. The van der Waals surface area contributed by atoms with E-state index in [1.807, 2.05) is 51.1 Å². The first-order valence-electron chi connectivity index (χ1n) is 24.5. The van der Waals surface area contributed by atoms with Gasteiger partial charge in [-0.15, -0.1) is 0 Å². The Bertz CT molecular complexity index is 2930. The van der Waals surface area contributed by atoms with Gasteiger partial charge < -0.3 is 25.8 Å². The number of hydrogen-bond donors (Lipinski definition) is 4. The second-order valence-corrected chi connectivity index (χ2v) is 20.5. The van der Waals surface area contributed by atoms with Crippen molar-refractivity contribution in [3.8, 4) is 11.3 Å². The first kappa shape index (κ1) is 46.5. The molecule has 2 saturated heterocycles. The van der Waals surface area contributed by atoms with E-state index in [-0.39, 0.29) is 72.0 Å². The fourth-order valence-electron chi connectivity index (χ4n) is 10.8. The maximum absolute atomic E-state index is 13.9. The molecule has 18 heteroatoms. The second-order valence-electron chi connectivity index (χ2n) is 20.5. The number of rotatable bonds is 8. The van der Waals surface area contributed by atoms with E-state index < -0.39 is 29.7 Å². The van der Waals surface area contributed by atoms with Gasteiger partial charge in [0, 0.05) is 60.7 Å². The number of fused-ring (bicyclic) bond motifs is 4. The Balaban J connectivity index is 0.823. The van der Waals surface area contributed by atoms with Crippen LogP contribution in [-0.4, -0.2) is 110 Å². The van der Waals surface area contributed by atoms with E-state index in [4.69, 9.17) is 15.2 Å². The monoisotopic (exact) mass is 949 g/mol. The molecule has 5 aromatic rings. The zero-order chi connectivity index (χ0) is 48.8. The van der Waals surface area contributed by atoms with Gasteiger partial charge >= 0.3 is 0 Å². The van der Waals surface area contributed by atoms with Gasteiger partial charge in [0.2, 0.25) is 23.6 Å². The third-order valence-corrected chi connectivity index (χ3v) is 14.3. The number of nitrogens with two attached hydrogens (primary N) is 1. The summed E-state index contributed by atoms with van der Waals surface area (Å²) in [6, 6.07) is 13.7. The van der Waals surface area contributed by atoms with Crippen molar-refractivity contribution in [2.75, 3.05) is 48.7 Å². The fourth-order valence-corrected chi connectivity index (χ4v) is 10.8. The molecule has 6 amide bonds. The molecule has 0 radical (unpaired) electrons. The summed E-state index contributed by atoms with van der Waals surface area (Å²) >= 11 is 0. The summed E-state index contributed by atoms with van der Waals surface area (Å²) in [6.45, 7) is 9.25. The second kappa shape index (κ2) is 18.9. The first-order valence-corrected chi connectivity index (χ1v) is 24.5. The lowest BCUT2D eigenvalue weighted by atomic mass is 9.85. The highest BCUT2D eigenvalue weighted by Crippen LogP contribution is 2.39. The first-order chi connectivity index (χ1) is 33.7. The highest BCUT2D eigenvalue weighted by molar-refractivity contribution is 6.23. The Hall–Kier alpha value is -7.21. The zero-order valence-electron chi connectivity index (χ0n) is 39.8. The molecule has 3 aromatic heterocycles. The molecule has 5 aliphatic rings. The van der Waals surface area contributed by atoms with Crippen molar-refractivity contribution in [3.05, 3.63) is 94.8 Å². The topological polar surface area (TPSA) is 230 Å². The van der Waals surface area contributed by atoms with Crippen molar-refractivity contribution in [3.63, 3.8) is 0 Å². The van der Waals surface area contributed by atoms with Gasteiger partial charge in [0.1, 0.15) is 34.7 Å². The van der Waals surface area contributed by atoms with Crippen molar-refractivity contribution in [1.29, 1.82) is 0 Å². The summed E-state index contributed by atoms with van der Waals surface area (Å²) in [6.07, 6.45) is 12.3. The molecule has 5 N–H and O–H groups in total. The third-order valence-electron chi connectivity index (χ3n) is 14.3. The Morgan fingerprint density at radius 3 is 2.53 bits per heavy atom. The number of aromatic nitrogens is 4. The number of nitrogens with zero attached hydrogens (tertiary/aromatic N) is 7. The highest BCUT2D eigenvalue weighted by Gasteiger charge is 2.45. The van der Waals surface area contributed by atoms with E-state index in [1.54, 1.807) is 24.4 Å². The lowest BCUT2D eigenvalue weighted by molar-refractivity contribution is -0.136. The Morgan fingerprint density at radius 2 is 1.74 bits per heavy atom. The van der Waals surface area contributed by atoms with Crippen LogP contribution in [0, 0.1) is 5.92 Å². The normalized spacial score (nSPS) is 22.9. The van der Waals surface area contributed by atoms with E-state index in [2.05, 4.69) is 52.4 Å².